The summed E-state index contributed by atoms with van der Waals surface area (Å²) >= 11 is 0. The van der Waals surface area contributed by atoms with Gasteiger partial charge in [-0.05, 0) is 19.4 Å². The van der Waals surface area contributed by atoms with E-state index in [0.717, 1.165) is 6.42 Å². The van der Waals surface area contributed by atoms with Gasteiger partial charge in [0, 0.05) is 12.2 Å². The van der Waals surface area contributed by atoms with Crippen LogP contribution >= 0.6 is 0 Å². The highest BCUT2D eigenvalue weighted by molar-refractivity contribution is 5.46. The standard InChI is InChI=1S/C11H15N5O/c1-3-8(7(2)12)11-15-10(16-17-11)9-4-5-13-6-14-9/h4-8H,3,12H2,1-2H3. The molecule has 0 amide bonds. The van der Waals surface area contributed by atoms with E-state index in [0.29, 0.717) is 17.4 Å². The number of hydrogen-bond acceptors (Lipinski definition) is 6. The highest BCUT2D eigenvalue weighted by Crippen LogP contribution is 2.22. The fraction of sp³-hybridized carbons (Fsp3) is 0.455. The largest absolute Gasteiger partial charge is 0.339 e. The number of hydrogen-bond donors (Lipinski definition) is 1. The zero-order chi connectivity index (χ0) is 12.3. The second-order valence-corrected chi connectivity index (χ2v) is 3.92. The molecule has 2 rings (SSSR count). The summed E-state index contributed by atoms with van der Waals surface area (Å²) in [6.07, 6.45) is 3.96. The van der Waals surface area contributed by atoms with Crippen LogP contribution in [0.5, 0.6) is 0 Å². The van der Waals surface area contributed by atoms with Crippen molar-refractivity contribution in [3.63, 3.8) is 0 Å². The summed E-state index contributed by atoms with van der Waals surface area (Å²) in [7, 11) is 0. The molecule has 0 saturated heterocycles. The Morgan fingerprint density at radius 2 is 2.29 bits per heavy atom. The van der Waals surface area contributed by atoms with Crippen LogP contribution in [-0.2, 0) is 0 Å². The first-order chi connectivity index (χ1) is 8.22. The third-order valence-electron chi connectivity index (χ3n) is 2.64. The van der Waals surface area contributed by atoms with Crippen molar-refractivity contribution in [3.8, 4) is 11.5 Å². The molecule has 2 heterocycles. The predicted molar refractivity (Wildman–Crippen MR) is 62.0 cm³/mol. The van der Waals surface area contributed by atoms with Gasteiger partial charge in [0.15, 0.2) is 0 Å². The maximum absolute atomic E-state index is 5.87. The number of rotatable bonds is 4. The summed E-state index contributed by atoms with van der Waals surface area (Å²) < 4.78 is 5.23. The molecule has 2 aromatic heterocycles. The molecule has 0 spiro atoms. The summed E-state index contributed by atoms with van der Waals surface area (Å²) in [5.41, 5.74) is 6.52. The Bertz CT molecular complexity index is 468. The lowest BCUT2D eigenvalue weighted by Gasteiger charge is -2.13. The molecule has 0 bridgehead atoms. The molecule has 2 unspecified atom stereocenters. The minimum atomic E-state index is -0.0151. The number of nitrogens with two attached hydrogens (primary N) is 1. The van der Waals surface area contributed by atoms with Gasteiger partial charge in [0.1, 0.15) is 12.0 Å². The van der Waals surface area contributed by atoms with Crippen molar-refractivity contribution >= 4 is 0 Å². The van der Waals surface area contributed by atoms with Crippen molar-refractivity contribution < 1.29 is 4.52 Å². The average molecular weight is 233 g/mol. The Morgan fingerprint density at radius 3 is 2.88 bits per heavy atom. The molecule has 6 heteroatoms. The zero-order valence-electron chi connectivity index (χ0n) is 9.87. The van der Waals surface area contributed by atoms with E-state index < -0.39 is 0 Å². The van der Waals surface area contributed by atoms with Gasteiger partial charge in [-0.15, -0.1) is 0 Å². The first-order valence-corrected chi connectivity index (χ1v) is 5.58. The van der Waals surface area contributed by atoms with Gasteiger partial charge < -0.3 is 10.3 Å². The van der Waals surface area contributed by atoms with Crippen LogP contribution < -0.4 is 5.73 Å². The minimum absolute atomic E-state index is 0.0151. The third kappa shape index (κ3) is 2.47. The molecule has 2 aromatic rings. The summed E-state index contributed by atoms with van der Waals surface area (Å²) in [6, 6.07) is 1.72. The van der Waals surface area contributed by atoms with Gasteiger partial charge in [-0.3, -0.25) is 0 Å². The van der Waals surface area contributed by atoms with Crippen LogP contribution in [0.15, 0.2) is 23.1 Å². The van der Waals surface area contributed by atoms with Gasteiger partial charge in [0.05, 0.1) is 5.92 Å². The van der Waals surface area contributed by atoms with Crippen LogP contribution in [0.3, 0.4) is 0 Å². The van der Waals surface area contributed by atoms with Gasteiger partial charge in [0.2, 0.25) is 11.7 Å². The van der Waals surface area contributed by atoms with Crippen LogP contribution in [-0.4, -0.2) is 26.2 Å². The highest BCUT2D eigenvalue weighted by Gasteiger charge is 2.21. The van der Waals surface area contributed by atoms with E-state index in [1.54, 1.807) is 12.3 Å². The van der Waals surface area contributed by atoms with Crippen molar-refractivity contribution in [2.24, 2.45) is 5.73 Å². The SMILES string of the molecule is CCC(c1nc(-c2ccncn2)no1)C(C)N. The smallest absolute Gasteiger partial charge is 0.231 e. The van der Waals surface area contributed by atoms with Gasteiger partial charge in [-0.25, -0.2) is 9.97 Å². The van der Waals surface area contributed by atoms with E-state index >= 15 is 0 Å². The van der Waals surface area contributed by atoms with Crippen LogP contribution in [0.2, 0.25) is 0 Å². The molecule has 17 heavy (non-hydrogen) atoms. The Kier molecular flexibility index (Phi) is 3.43. The monoisotopic (exact) mass is 233 g/mol. The van der Waals surface area contributed by atoms with Crippen LogP contribution in [0.4, 0.5) is 0 Å². The van der Waals surface area contributed by atoms with E-state index in [4.69, 9.17) is 10.3 Å². The lowest BCUT2D eigenvalue weighted by atomic mass is 9.99. The number of aromatic nitrogens is 4. The van der Waals surface area contributed by atoms with Gasteiger partial charge >= 0.3 is 0 Å². The van der Waals surface area contributed by atoms with E-state index in [-0.39, 0.29) is 12.0 Å². The average Bonchev–Trinajstić information content (AvgIpc) is 2.80. The fourth-order valence-electron chi connectivity index (χ4n) is 1.68. The zero-order valence-corrected chi connectivity index (χ0v) is 9.87. The minimum Gasteiger partial charge on any atom is -0.339 e. The Balaban J connectivity index is 2.27. The van der Waals surface area contributed by atoms with E-state index in [1.165, 1.54) is 6.33 Å². The second-order valence-electron chi connectivity index (χ2n) is 3.92. The maximum atomic E-state index is 5.87. The van der Waals surface area contributed by atoms with E-state index in [2.05, 4.69) is 20.1 Å². The molecule has 90 valence electrons. The molecule has 6 nitrogen and oxygen atoms in total. The molecule has 0 saturated carbocycles. The van der Waals surface area contributed by atoms with Crippen molar-refractivity contribution in [1.29, 1.82) is 0 Å². The first kappa shape index (κ1) is 11.7. The maximum Gasteiger partial charge on any atom is 0.231 e. The fourth-order valence-corrected chi connectivity index (χ4v) is 1.68. The molecule has 2 atom stereocenters. The van der Waals surface area contributed by atoms with E-state index in [1.807, 2.05) is 13.8 Å². The molecule has 0 fully saturated rings. The Labute approximate surface area is 99.3 Å². The molecule has 0 aromatic carbocycles. The summed E-state index contributed by atoms with van der Waals surface area (Å²) in [5.74, 6) is 1.12. The summed E-state index contributed by atoms with van der Waals surface area (Å²) in [6.45, 7) is 3.98. The predicted octanol–water partition coefficient (Wildman–Crippen LogP) is 1.37. The molecular weight excluding hydrogens is 218 g/mol. The molecule has 0 radical (unpaired) electrons. The molecule has 2 N–H and O–H groups in total. The summed E-state index contributed by atoms with van der Waals surface area (Å²) in [5, 5.41) is 3.91. The van der Waals surface area contributed by atoms with Crippen molar-refractivity contribution in [1.82, 2.24) is 20.1 Å². The normalized spacial score (nSPS) is 14.5. The second kappa shape index (κ2) is 5.01. The molecule has 0 aliphatic rings. The van der Waals surface area contributed by atoms with Crippen LogP contribution in [0.1, 0.15) is 32.1 Å². The topological polar surface area (TPSA) is 90.7 Å². The van der Waals surface area contributed by atoms with Crippen LogP contribution in [0, 0.1) is 0 Å². The van der Waals surface area contributed by atoms with Gasteiger partial charge in [-0.2, -0.15) is 4.98 Å². The lowest BCUT2D eigenvalue weighted by molar-refractivity contribution is 0.334. The molecule has 0 aliphatic heterocycles. The lowest BCUT2D eigenvalue weighted by Crippen LogP contribution is -2.24. The molecule has 0 aliphatic carbocycles. The van der Waals surface area contributed by atoms with E-state index in [9.17, 15) is 0 Å². The van der Waals surface area contributed by atoms with Crippen LogP contribution in [0.25, 0.3) is 11.5 Å². The van der Waals surface area contributed by atoms with Crippen molar-refractivity contribution in [2.45, 2.75) is 32.2 Å². The van der Waals surface area contributed by atoms with Gasteiger partial charge in [-0.1, -0.05) is 12.1 Å². The summed E-state index contributed by atoms with van der Waals surface area (Å²) in [4.78, 5) is 12.2. The van der Waals surface area contributed by atoms with Crippen molar-refractivity contribution in [3.05, 3.63) is 24.5 Å². The first-order valence-electron chi connectivity index (χ1n) is 5.58. The number of nitrogens with zero attached hydrogens (tertiary/aromatic N) is 4. The van der Waals surface area contributed by atoms with Crippen molar-refractivity contribution in [2.75, 3.05) is 0 Å². The Morgan fingerprint density at radius 1 is 1.47 bits per heavy atom. The molecular formula is C11H15N5O. The highest BCUT2D eigenvalue weighted by atomic mass is 16.5. The third-order valence-corrected chi connectivity index (χ3v) is 2.64. The van der Waals surface area contributed by atoms with Gasteiger partial charge in [0.25, 0.3) is 0 Å². The quantitative estimate of drug-likeness (QED) is 0.857. The Hall–Kier alpha value is -1.82.